The zero-order chi connectivity index (χ0) is 17.6. The number of carbonyl (C=O) groups is 2. The van der Waals surface area contributed by atoms with Gasteiger partial charge in [-0.2, -0.15) is 0 Å². The molecule has 2 aromatic carbocycles. The topological polar surface area (TPSA) is 49.4 Å². The fourth-order valence-corrected chi connectivity index (χ4v) is 3.07. The van der Waals surface area contributed by atoms with Crippen molar-refractivity contribution in [2.45, 2.75) is 32.6 Å². The Balaban J connectivity index is 1.64. The number of nitrogens with zero attached hydrogens (tertiary/aromatic N) is 1. The van der Waals surface area contributed by atoms with Crippen LogP contribution in [0.2, 0.25) is 0 Å². The molecule has 0 unspecified atom stereocenters. The van der Waals surface area contributed by atoms with Gasteiger partial charge < -0.3 is 10.2 Å². The van der Waals surface area contributed by atoms with Crippen molar-refractivity contribution in [1.82, 2.24) is 4.90 Å². The van der Waals surface area contributed by atoms with E-state index >= 15 is 0 Å². The first-order valence-electron chi connectivity index (χ1n) is 8.97. The van der Waals surface area contributed by atoms with Crippen molar-refractivity contribution in [3.8, 4) is 0 Å². The Bertz CT molecular complexity index is 729. The van der Waals surface area contributed by atoms with E-state index < -0.39 is 0 Å². The van der Waals surface area contributed by atoms with E-state index in [0.29, 0.717) is 11.1 Å². The average molecular weight is 336 g/mol. The molecule has 0 saturated carbocycles. The first kappa shape index (κ1) is 17.2. The Labute approximate surface area is 148 Å². The lowest BCUT2D eigenvalue weighted by atomic mass is 10.1. The zero-order valence-corrected chi connectivity index (χ0v) is 14.6. The molecule has 1 N–H and O–H groups in total. The second-order valence-electron chi connectivity index (χ2n) is 6.43. The molecule has 1 heterocycles. The highest BCUT2D eigenvalue weighted by Gasteiger charge is 2.18. The maximum Gasteiger partial charge on any atom is 0.255 e. The molecule has 0 aliphatic carbocycles. The van der Waals surface area contributed by atoms with Crippen LogP contribution < -0.4 is 5.32 Å². The Morgan fingerprint density at radius 3 is 2.08 bits per heavy atom. The van der Waals surface area contributed by atoms with Gasteiger partial charge in [0.1, 0.15) is 0 Å². The third kappa shape index (κ3) is 4.27. The van der Waals surface area contributed by atoms with Crippen LogP contribution in [0.3, 0.4) is 0 Å². The van der Waals surface area contributed by atoms with Crippen molar-refractivity contribution >= 4 is 17.5 Å². The lowest BCUT2D eigenvalue weighted by molar-refractivity contribution is 0.0724. The van der Waals surface area contributed by atoms with Crippen molar-refractivity contribution in [2.75, 3.05) is 18.4 Å². The SMILES string of the molecule is CCc1ccc(NC(=O)c2ccc(C(=O)N3CCCCC3)cc2)cc1. The van der Waals surface area contributed by atoms with E-state index in [1.165, 1.54) is 12.0 Å². The van der Waals surface area contributed by atoms with Gasteiger partial charge in [0.25, 0.3) is 11.8 Å². The average Bonchev–Trinajstić information content (AvgIpc) is 2.69. The Kier molecular flexibility index (Phi) is 5.49. The maximum atomic E-state index is 12.5. The molecule has 4 heteroatoms. The summed E-state index contributed by atoms with van der Waals surface area (Å²) in [4.78, 5) is 26.7. The number of rotatable bonds is 4. The maximum absolute atomic E-state index is 12.5. The summed E-state index contributed by atoms with van der Waals surface area (Å²) in [6, 6.07) is 14.7. The van der Waals surface area contributed by atoms with Gasteiger partial charge in [0.2, 0.25) is 0 Å². The first-order valence-corrected chi connectivity index (χ1v) is 8.97. The van der Waals surface area contributed by atoms with E-state index in [2.05, 4.69) is 12.2 Å². The van der Waals surface area contributed by atoms with Gasteiger partial charge in [0.15, 0.2) is 0 Å². The summed E-state index contributed by atoms with van der Waals surface area (Å²) < 4.78 is 0. The molecule has 1 saturated heterocycles. The van der Waals surface area contributed by atoms with Crippen molar-refractivity contribution in [3.63, 3.8) is 0 Å². The third-order valence-electron chi connectivity index (χ3n) is 4.66. The fraction of sp³-hybridized carbons (Fsp3) is 0.333. The number of nitrogens with one attached hydrogen (secondary N) is 1. The second kappa shape index (κ2) is 7.97. The minimum absolute atomic E-state index is 0.0572. The molecule has 130 valence electrons. The van der Waals surface area contributed by atoms with E-state index in [1.807, 2.05) is 29.2 Å². The number of aryl methyl sites for hydroxylation is 1. The number of hydrogen-bond donors (Lipinski definition) is 1. The number of anilines is 1. The highest BCUT2D eigenvalue weighted by molar-refractivity contribution is 6.05. The molecular formula is C21H24N2O2. The van der Waals surface area contributed by atoms with Gasteiger partial charge in [-0.05, 0) is 67.6 Å². The number of likely N-dealkylation sites (tertiary alicyclic amines) is 1. The van der Waals surface area contributed by atoms with Gasteiger partial charge in [-0.25, -0.2) is 0 Å². The highest BCUT2D eigenvalue weighted by Crippen LogP contribution is 2.15. The molecule has 2 amide bonds. The number of hydrogen-bond acceptors (Lipinski definition) is 2. The Morgan fingerprint density at radius 2 is 1.48 bits per heavy atom. The monoisotopic (exact) mass is 336 g/mol. The molecule has 1 fully saturated rings. The predicted molar refractivity (Wildman–Crippen MR) is 100.0 cm³/mol. The zero-order valence-electron chi connectivity index (χ0n) is 14.6. The summed E-state index contributed by atoms with van der Waals surface area (Å²) in [6.07, 6.45) is 4.31. The minimum atomic E-state index is -0.166. The summed E-state index contributed by atoms with van der Waals surface area (Å²) in [5.41, 5.74) is 3.20. The molecule has 4 nitrogen and oxygen atoms in total. The lowest BCUT2D eigenvalue weighted by Gasteiger charge is -2.26. The number of amides is 2. The summed E-state index contributed by atoms with van der Waals surface area (Å²) in [6.45, 7) is 3.75. The second-order valence-corrected chi connectivity index (χ2v) is 6.43. The molecule has 25 heavy (non-hydrogen) atoms. The van der Waals surface area contributed by atoms with Crippen LogP contribution in [0, 0.1) is 0 Å². The molecule has 0 spiro atoms. The van der Waals surface area contributed by atoms with Crippen molar-refractivity contribution in [2.24, 2.45) is 0 Å². The third-order valence-corrected chi connectivity index (χ3v) is 4.66. The molecule has 0 atom stereocenters. The van der Waals surface area contributed by atoms with Gasteiger partial charge in [-0.3, -0.25) is 9.59 Å². The molecule has 0 aromatic heterocycles. The van der Waals surface area contributed by atoms with Gasteiger partial charge in [-0.15, -0.1) is 0 Å². The smallest absolute Gasteiger partial charge is 0.255 e. The van der Waals surface area contributed by atoms with E-state index in [0.717, 1.165) is 38.0 Å². The van der Waals surface area contributed by atoms with Crippen LogP contribution in [-0.2, 0) is 6.42 Å². The first-order chi connectivity index (χ1) is 12.2. The molecule has 1 aliphatic heterocycles. The molecule has 1 aliphatic rings. The lowest BCUT2D eigenvalue weighted by Crippen LogP contribution is -2.35. The summed E-state index contributed by atoms with van der Waals surface area (Å²) in [5, 5.41) is 2.89. The van der Waals surface area contributed by atoms with Crippen LogP contribution in [0.15, 0.2) is 48.5 Å². The fourth-order valence-electron chi connectivity index (χ4n) is 3.07. The predicted octanol–water partition coefficient (Wildman–Crippen LogP) is 4.13. The largest absolute Gasteiger partial charge is 0.339 e. The van der Waals surface area contributed by atoms with Crippen molar-refractivity contribution in [1.29, 1.82) is 0 Å². The van der Waals surface area contributed by atoms with E-state index in [1.54, 1.807) is 24.3 Å². The van der Waals surface area contributed by atoms with Gasteiger partial charge >= 0.3 is 0 Å². The van der Waals surface area contributed by atoms with Crippen molar-refractivity contribution < 1.29 is 9.59 Å². The summed E-state index contributed by atoms with van der Waals surface area (Å²) in [5.74, 6) is -0.108. The van der Waals surface area contributed by atoms with Crippen LogP contribution in [0.25, 0.3) is 0 Å². The van der Waals surface area contributed by atoms with Crippen LogP contribution >= 0.6 is 0 Å². The van der Waals surface area contributed by atoms with Gasteiger partial charge in [-0.1, -0.05) is 19.1 Å². The van der Waals surface area contributed by atoms with E-state index in [9.17, 15) is 9.59 Å². The minimum Gasteiger partial charge on any atom is -0.339 e. The molecular weight excluding hydrogens is 312 g/mol. The summed E-state index contributed by atoms with van der Waals surface area (Å²) in [7, 11) is 0. The van der Waals surface area contributed by atoms with E-state index in [4.69, 9.17) is 0 Å². The highest BCUT2D eigenvalue weighted by atomic mass is 16.2. The van der Waals surface area contributed by atoms with Gasteiger partial charge in [0, 0.05) is 29.9 Å². The van der Waals surface area contributed by atoms with Gasteiger partial charge in [0.05, 0.1) is 0 Å². The van der Waals surface area contributed by atoms with Crippen LogP contribution in [-0.4, -0.2) is 29.8 Å². The molecule has 3 rings (SSSR count). The van der Waals surface area contributed by atoms with E-state index in [-0.39, 0.29) is 11.8 Å². The number of benzene rings is 2. The summed E-state index contributed by atoms with van der Waals surface area (Å²) >= 11 is 0. The standard InChI is InChI=1S/C21H24N2O2/c1-2-16-6-12-19(13-7-16)22-20(24)17-8-10-18(11-9-17)21(25)23-14-4-3-5-15-23/h6-13H,2-5,14-15H2,1H3,(H,22,24). The number of carbonyl (C=O) groups excluding carboxylic acids is 2. The molecule has 0 bridgehead atoms. The van der Waals surface area contributed by atoms with Crippen molar-refractivity contribution in [3.05, 3.63) is 65.2 Å². The quantitative estimate of drug-likeness (QED) is 0.913. The molecule has 2 aromatic rings. The van der Waals surface area contributed by atoms with Crippen LogP contribution in [0.5, 0.6) is 0 Å². The number of piperidine rings is 1. The Morgan fingerprint density at radius 1 is 0.880 bits per heavy atom. The Hall–Kier alpha value is -2.62. The van der Waals surface area contributed by atoms with Crippen LogP contribution in [0.1, 0.15) is 52.5 Å². The normalized spacial score (nSPS) is 14.2. The van der Waals surface area contributed by atoms with Crippen LogP contribution in [0.4, 0.5) is 5.69 Å². The molecule has 0 radical (unpaired) electrons.